The number of rotatable bonds is 1. The monoisotopic (exact) mass is 219 g/mol. The number of nitrogens with zero attached hydrogens (tertiary/aromatic N) is 2. The van der Waals surface area contributed by atoms with E-state index < -0.39 is 0 Å². The van der Waals surface area contributed by atoms with Crippen molar-refractivity contribution in [1.82, 2.24) is 14.9 Å². The lowest BCUT2D eigenvalue weighted by atomic mass is 9.87. The van der Waals surface area contributed by atoms with Crippen LogP contribution in [0, 0.1) is 5.92 Å². The highest BCUT2D eigenvalue weighted by Gasteiger charge is 2.23. The molecule has 2 heterocycles. The molecule has 1 fully saturated rings. The summed E-state index contributed by atoms with van der Waals surface area (Å²) < 4.78 is 2.47. The Kier molecular flexibility index (Phi) is 2.72. The fourth-order valence-corrected chi connectivity index (χ4v) is 3.10. The van der Waals surface area contributed by atoms with E-state index in [-0.39, 0.29) is 0 Å². The first-order chi connectivity index (χ1) is 7.84. The van der Waals surface area contributed by atoms with Gasteiger partial charge in [0.15, 0.2) is 0 Å². The summed E-state index contributed by atoms with van der Waals surface area (Å²) in [6.45, 7) is 4.46. The molecule has 0 saturated heterocycles. The van der Waals surface area contributed by atoms with Crippen LogP contribution >= 0.6 is 0 Å². The van der Waals surface area contributed by atoms with E-state index in [1.807, 2.05) is 0 Å². The van der Waals surface area contributed by atoms with Crippen LogP contribution in [0.3, 0.4) is 0 Å². The summed E-state index contributed by atoms with van der Waals surface area (Å²) in [6, 6.07) is 0.727. The third-order valence-corrected chi connectivity index (χ3v) is 4.19. The van der Waals surface area contributed by atoms with Gasteiger partial charge in [-0.05, 0) is 31.6 Å². The first kappa shape index (κ1) is 10.3. The molecule has 0 bridgehead atoms. The first-order valence-electron chi connectivity index (χ1n) is 6.60. The van der Waals surface area contributed by atoms with Crippen molar-refractivity contribution in [2.75, 3.05) is 6.54 Å². The number of imidazole rings is 1. The lowest BCUT2D eigenvalue weighted by Gasteiger charge is -2.29. The molecular weight excluding hydrogens is 198 g/mol. The van der Waals surface area contributed by atoms with Gasteiger partial charge in [-0.25, -0.2) is 4.98 Å². The van der Waals surface area contributed by atoms with Crippen LogP contribution in [0.4, 0.5) is 0 Å². The molecule has 1 N–H and O–H groups in total. The van der Waals surface area contributed by atoms with Gasteiger partial charge in [-0.1, -0.05) is 6.92 Å². The van der Waals surface area contributed by atoms with Crippen LogP contribution in [0.25, 0.3) is 0 Å². The van der Waals surface area contributed by atoms with Gasteiger partial charge in [0.05, 0.1) is 12.0 Å². The molecule has 2 aliphatic rings. The predicted octanol–water partition coefficient (Wildman–Crippen LogP) is 2.28. The Morgan fingerprint density at radius 3 is 2.94 bits per heavy atom. The molecule has 3 rings (SSSR count). The van der Waals surface area contributed by atoms with Gasteiger partial charge in [0, 0.05) is 31.2 Å². The van der Waals surface area contributed by atoms with Crippen molar-refractivity contribution in [3.63, 3.8) is 0 Å². The molecule has 0 unspecified atom stereocenters. The van der Waals surface area contributed by atoms with Crippen molar-refractivity contribution in [2.24, 2.45) is 5.92 Å². The highest BCUT2D eigenvalue weighted by Crippen LogP contribution is 2.33. The number of aromatic nitrogens is 2. The maximum Gasteiger partial charge on any atom is 0.0954 e. The molecule has 1 aromatic heterocycles. The van der Waals surface area contributed by atoms with Gasteiger partial charge in [-0.2, -0.15) is 0 Å². The first-order valence-corrected chi connectivity index (χ1v) is 6.60. The summed E-state index contributed by atoms with van der Waals surface area (Å²) in [5.74, 6) is 0.928. The van der Waals surface area contributed by atoms with Crippen LogP contribution in [-0.4, -0.2) is 16.1 Å². The molecule has 0 amide bonds. The summed E-state index contributed by atoms with van der Waals surface area (Å²) in [6.07, 6.45) is 8.69. The van der Waals surface area contributed by atoms with Gasteiger partial charge in [0.1, 0.15) is 0 Å². The second-order valence-electron chi connectivity index (χ2n) is 5.39. The van der Waals surface area contributed by atoms with Gasteiger partial charge in [0.2, 0.25) is 0 Å². The van der Waals surface area contributed by atoms with Crippen LogP contribution in [-0.2, 0) is 13.0 Å². The van der Waals surface area contributed by atoms with Gasteiger partial charge in [0.25, 0.3) is 0 Å². The van der Waals surface area contributed by atoms with Gasteiger partial charge in [-0.3, -0.25) is 0 Å². The number of hydrogen-bond acceptors (Lipinski definition) is 2. The predicted molar refractivity (Wildman–Crippen MR) is 64.3 cm³/mol. The Bertz CT molecular complexity index is 361. The minimum Gasteiger partial charge on any atom is -0.331 e. The lowest BCUT2D eigenvalue weighted by Crippen LogP contribution is -2.26. The average molecular weight is 219 g/mol. The largest absolute Gasteiger partial charge is 0.331 e. The Hall–Kier alpha value is -0.830. The van der Waals surface area contributed by atoms with Gasteiger partial charge < -0.3 is 9.88 Å². The Labute approximate surface area is 97.3 Å². The van der Waals surface area contributed by atoms with Crippen LogP contribution < -0.4 is 5.32 Å². The SMILES string of the molecule is CC1CCC(n2cnc3c2CCNC3)CC1. The third-order valence-electron chi connectivity index (χ3n) is 4.19. The van der Waals surface area contributed by atoms with Crippen LogP contribution in [0.5, 0.6) is 0 Å². The summed E-state index contributed by atoms with van der Waals surface area (Å²) in [5, 5.41) is 3.39. The molecule has 1 saturated carbocycles. The molecule has 1 aliphatic heterocycles. The van der Waals surface area contributed by atoms with Gasteiger partial charge >= 0.3 is 0 Å². The van der Waals surface area contributed by atoms with Crippen molar-refractivity contribution < 1.29 is 0 Å². The summed E-state index contributed by atoms with van der Waals surface area (Å²) >= 11 is 0. The van der Waals surface area contributed by atoms with Crippen LogP contribution in [0.1, 0.15) is 50.0 Å². The molecule has 1 aliphatic carbocycles. The van der Waals surface area contributed by atoms with Crippen LogP contribution in [0.15, 0.2) is 6.33 Å². The van der Waals surface area contributed by atoms with Crippen molar-refractivity contribution in [1.29, 1.82) is 0 Å². The fraction of sp³-hybridized carbons (Fsp3) is 0.769. The molecule has 0 atom stereocenters. The standard InChI is InChI=1S/C13H21N3/c1-10-2-4-11(5-3-10)16-9-15-12-8-14-7-6-13(12)16/h9-11,14H,2-8H2,1H3. The van der Waals surface area contributed by atoms with Crippen molar-refractivity contribution in [3.8, 4) is 0 Å². The molecule has 1 aromatic rings. The highest BCUT2D eigenvalue weighted by molar-refractivity contribution is 5.17. The van der Waals surface area contributed by atoms with E-state index >= 15 is 0 Å². The van der Waals surface area contributed by atoms with E-state index in [9.17, 15) is 0 Å². The van der Waals surface area contributed by atoms with Gasteiger partial charge in [-0.15, -0.1) is 0 Å². The topological polar surface area (TPSA) is 29.9 Å². The zero-order chi connectivity index (χ0) is 11.0. The molecule has 0 aromatic carbocycles. The maximum absolute atomic E-state index is 4.55. The second kappa shape index (κ2) is 4.21. The molecular formula is C13H21N3. The Balaban J connectivity index is 1.81. The van der Waals surface area contributed by atoms with Crippen molar-refractivity contribution in [3.05, 3.63) is 17.7 Å². The third kappa shape index (κ3) is 1.77. The van der Waals surface area contributed by atoms with Crippen molar-refractivity contribution >= 4 is 0 Å². The molecule has 16 heavy (non-hydrogen) atoms. The number of hydrogen-bond donors (Lipinski definition) is 1. The van der Waals surface area contributed by atoms with E-state index in [1.54, 1.807) is 0 Å². The maximum atomic E-state index is 4.55. The van der Waals surface area contributed by atoms with E-state index in [2.05, 4.69) is 28.1 Å². The summed E-state index contributed by atoms with van der Waals surface area (Å²) in [4.78, 5) is 4.55. The molecule has 3 heteroatoms. The number of fused-ring (bicyclic) bond motifs is 1. The van der Waals surface area contributed by atoms with E-state index in [0.29, 0.717) is 0 Å². The summed E-state index contributed by atoms with van der Waals surface area (Å²) in [7, 11) is 0. The Morgan fingerprint density at radius 2 is 2.12 bits per heavy atom. The minimum atomic E-state index is 0.727. The molecule has 0 spiro atoms. The lowest BCUT2D eigenvalue weighted by molar-refractivity contribution is 0.284. The molecule has 3 nitrogen and oxygen atoms in total. The highest BCUT2D eigenvalue weighted by atomic mass is 15.1. The zero-order valence-corrected chi connectivity index (χ0v) is 10.1. The minimum absolute atomic E-state index is 0.727. The zero-order valence-electron chi connectivity index (χ0n) is 10.1. The average Bonchev–Trinajstić information content (AvgIpc) is 2.74. The van der Waals surface area contributed by atoms with E-state index in [1.165, 1.54) is 37.1 Å². The van der Waals surface area contributed by atoms with Crippen LogP contribution in [0.2, 0.25) is 0 Å². The number of nitrogens with one attached hydrogen (secondary N) is 1. The Morgan fingerprint density at radius 1 is 1.31 bits per heavy atom. The summed E-state index contributed by atoms with van der Waals surface area (Å²) in [5.41, 5.74) is 2.78. The van der Waals surface area contributed by atoms with Crippen molar-refractivity contribution in [2.45, 2.75) is 51.6 Å². The quantitative estimate of drug-likeness (QED) is 0.785. The normalized spacial score (nSPS) is 30.1. The van der Waals surface area contributed by atoms with E-state index in [4.69, 9.17) is 0 Å². The van der Waals surface area contributed by atoms with E-state index in [0.717, 1.165) is 31.5 Å². The second-order valence-corrected chi connectivity index (χ2v) is 5.39. The molecule has 0 radical (unpaired) electrons. The fourth-order valence-electron chi connectivity index (χ4n) is 3.10. The molecule has 88 valence electrons. The smallest absolute Gasteiger partial charge is 0.0954 e.